The summed E-state index contributed by atoms with van der Waals surface area (Å²) in [5, 5.41) is 1.93. The molecule has 0 radical (unpaired) electrons. The molecule has 1 N–H and O–H groups in total. The number of ether oxygens (including phenoxy) is 2. The summed E-state index contributed by atoms with van der Waals surface area (Å²) in [5.41, 5.74) is 1.08. The van der Waals surface area contributed by atoms with Crippen molar-refractivity contribution in [1.29, 1.82) is 0 Å². The Bertz CT molecular complexity index is 836. The monoisotopic (exact) mass is 391 g/mol. The van der Waals surface area contributed by atoms with E-state index in [9.17, 15) is 13.2 Å². The van der Waals surface area contributed by atoms with Crippen LogP contribution < -0.4 is 10.1 Å². The minimum Gasteiger partial charge on any atom is -0.497 e. The van der Waals surface area contributed by atoms with Crippen LogP contribution in [0.15, 0.2) is 59.5 Å². The van der Waals surface area contributed by atoms with Crippen molar-refractivity contribution in [3.8, 4) is 5.75 Å². The molecule has 0 saturated carbocycles. The van der Waals surface area contributed by atoms with Crippen LogP contribution in [0.4, 0.5) is 0 Å². The second kappa shape index (κ2) is 10.1. The van der Waals surface area contributed by atoms with Gasteiger partial charge >= 0.3 is 5.97 Å². The lowest BCUT2D eigenvalue weighted by Crippen LogP contribution is -2.40. The second-order valence-electron chi connectivity index (χ2n) is 5.91. The lowest BCUT2D eigenvalue weighted by Gasteiger charge is -2.19. The molecule has 1 unspecified atom stereocenters. The summed E-state index contributed by atoms with van der Waals surface area (Å²) in [5.74, 6) is -0.114. The molecular weight excluding hydrogens is 366 g/mol. The molecule has 146 valence electrons. The van der Waals surface area contributed by atoms with Crippen LogP contribution in [0, 0.1) is 0 Å². The van der Waals surface area contributed by atoms with Gasteiger partial charge in [-0.15, -0.1) is 0 Å². The number of rotatable bonds is 10. The number of sulfone groups is 1. The molecule has 27 heavy (non-hydrogen) atoms. The highest BCUT2D eigenvalue weighted by molar-refractivity contribution is 7.92. The molecule has 7 heteroatoms. The van der Waals surface area contributed by atoms with Crippen molar-refractivity contribution in [2.75, 3.05) is 20.3 Å². The molecule has 0 aromatic heterocycles. The molecule has 6 nitrogen and oxygen atoms in total. The average molecular weight is 391 g/mol. The summed E-state index contributed by atoms with van der Waals surface area (Å²) in [6, 6.07) is 15.9. The minimum atomic E-state index is -3.79. The zero-order chi connectivity index (χ0) is 19.7. The summed E-state index contributed by atoms with van der Waals surface area (Å²) in [6.45, 7) is 2.30. The van der Waals surface area contributed by atoms with Crippen molar-refractivity contribution in [1.82, 2.24) is 5.32 Å². The number of nitrogens with one attached hydrogen (secondary N) is 1. The van der Waals surface area contributed by atoms with E-state index in [2.05, 4.69) is 5.32 Å². The molecule has 0 heterocycles. The smallest absolute Gasteiger partial charge is 0.308 e. The van der Waals surface area contributed by atoms with E-state index in [0.29, 0.717) is 18.7 Å². The number of carbonyl (C=O) groups excluding carboxylic acids is 1. The topological polar surface area (TPSA) is 81.7 Å². The van der Waals surface area contributed by atoms with Gasteiger partial charge in [-0.1, -0.05) is 36.4 Å². The van der Waals surface area contributed by atoms with Gasteiger partial charge in [0.15, 0.2) is 9.84 Å². The number of esters is 1. The maximum Gasteiger partial charge on any atom is 0.308 e. The van der Waals surface area contributed by atoms with E-state index in [1.54, 1.807) is 19.1 Å². The van der Waals surface area contributed by atoms with E-state index in [-0.39, 0.29) is 17.9 Å². The van der Waals surface area contributed by atoms with Crippen LogP contribution in [-0.2, 0) is 25.8 Å². The molecule has 0 spiro atoms. The van der Waals surface area contributed by atoms with E-state index in [4.69, 9.17) is 9.47 Å². The molecule has 2 aromatic rings. The Morgan fingerprint density at radius 3 is 2.52 bits per heavy atom. The first-order chi connectivity index (χ1) is 13.0. The predicted octanol–water partition coefficient (Wildman–Crippen LogP) is 2.58. The SMILES string of the molecule is CCOC(=O)CC(NCCc1ccccc1)S(=O)(=O)c1cccc(OC)c1. The van der Waals surface area contributed by atoms with E-state index in [0.717, 1.165) is 5.56 Å². The Hall–Kier alpha value is -2.38. The highest BCUT2D eigenvalue weighted by atomic mass is 32.2. The number of hydrogen-bond acceptors (Lipinski definition) is 6. The van der Waals surface area contributed by atoms with E-state index in [1.807, 2.05) is 30.3 Å². The quantitative estimate of drug-likeness (QED) is 0.627. The van der Waals surface area contributed by atoms with E-state index >= 15 is 0 Å². The summed E-state index contributed by atoms with van der Waals surface area (Å²) in [6.07, 6.45) is 0.385. The standard InChI is InChI=1S/C20H25NO5S/c1-3-26-20(22)15-19(21-13-12-16-8-5-4-6-9-16)27(23,24)18-11-7-10-17(14-18)25-2/h4-11,14,19,21H,3,12-13,15H2,1-2H3. The largest absolute Gasteiger partial charge is 0.497 e. The number of hydrogen-bond donors (Lipinski definition) is 1. The van der Waals surface area contributed by atoms with Crippen LogP contribution >= 0.6 is 0 Å². The third kappa shape index (κ3) is 6.08. The zero-order valence-corrected chi connectivity index (χ0v) is 16.4. The Morgan fingerprint density at radius 1 is 1.11 bits per heavy atom. The Balaban J connectivity index is 2.17. The maximum atomic E-state index is 13.1. The van der Waals surface area contributed by atoms with Gasteiger partial charge in [0, 0.05) is 6.54 Å². The highest BCUT2D eigenvalue weighted by Gasteiger charge is 2.30. The minimum absolute atomic E-state index is 0.100. The fourth-order valence-corrected chi connectivity index (χ4v) is 4.20. The van der Waals surface area contributed by atoms with Gasteiger partial charge in [-0.05, 0) is 37.1 Å². The normalized spacial score (nSPS) is 12.4. The van der Waals surface area contributed by atoms with Crippen LogP contribution in [0.1, 0.15) is 18.9 Å². The summed E-state index contributed by atoms with van der Waals surface area (Å²) >= 11 is 0. The molecule has 0 aliphatic carbocycles. The maximum absolute atomic E-state index is 13.1. The molecule has 0 fully saturated rings. The third-order valence-corrected chi connectivity index (χ3v) is 6.02. The molecule has 2 rings (SSSR count). The van der Waals surface area contributed by atoms with Crippen LogP contribution in [0.2, 0.25) is 0 Å². The van der Waals surface area contributed by atoms with Crippen molar-refractivity contribution in [2.24, 2.45) is 0 Å². The van der Waals surface area contributed by atoms with Gasteiger partial charge in [-0.25, -0.2) is 8.42 Å². The van der Waals surface area contributed by atoms with Gasteiger partial charge in [-0.3, -0.25) is 4.79 Å². The van der Waals surface area contributed by atoms with Crippen molar-refractivity contribution in [2.45, 2.75) is 30.0 Å². The zero-order valence-electron chi connectivity index (χ0n) is 15.6. The summed E-state index contributed by atoms with van der Waals surface area (Å²) < 4.78 is 36.2. The summed E-state index contributed by atoms with van der Waals surface area (Å²) in [7, 11) is -2.32. The Kier molecular flexibility index (Phi) is 7.82. The van der Waals surface area contributed by atoms with Gasteiger partial charge in [0.2, 0.25) is 0 Å². The number of methoxy groups -OCH3 is 1. The Morgan fingerprint density at radius 2 is 1.85 bits per heavy atom. The highest BCUT2D eigenvalue weighted by Crippen LogP contribution is 2.22. The van der Waals surface area contributed by atoms with Gasteiger partial charge < -0.3 is 14.8 Å². The van der Waals surface area contributed by atoms with Gasteiger partial charge in [0.05, 0.1) is 25.0 Å². The van der Waals surface area contributed by atoms with Crippen molar-refractivity contribution in [3.63, 3.8) is 0 Å². The van der Waals surface area contributed by atoms with Crippen LogP contribution in [0.25, 0.3) is 0 Å². The lowest BCUT2D eigenvalue weighted by molar-refractivity contribution is -0.143. The molecule has 0 bridgehead atoms. The Labute approximate surface area is 160 Å². The first-order valence-corrected chi connectivity index (χ1v) is 10.3. The predicted molar refractivity (Wildman–Crippen MR) is 103 cm³/mol. The first kappa shape index (κ1) is 20.9. The van der Waals surface area contributed by atoms with Crippen molar-refractivity contribution < 1.29 is 22.7 Å². The van der Waals surface area contributed by atoms with Crippen LogP contribution in [0.3, 0.4) is 0 Å². The fourth-order valence-electron chi connectivity index (χ4n) is 2.63. The van der Waals surface area contributed by atoms with Gasteiger partial charge in [0.1, 0.15) is 11.1 Å². The lowest BCUT2D eigenvalue weighted by atomic mass is 10.1. The molecule has 0 amide bonds. The number of carbonyl (C=O) groups is 1. The molecule has 0 saturated heterocycles. The number of benzene rings is 2. The fraction of sp³-hybridized carbons (Fsp3) is 0.350. The van der Waals surface area contributed by atoms with Crippen LogP contribution in [0.5, 0.6) is 5.75 Å². The van der Waals surface area contributed by atoms with E-state index < -0.39 is 21.2 Å². The molecular formula is C20H25NO5S. The van der Waals surface area contributed by atoms with Gasteiger partial charge in [0.25, 0.3) is 0 Å². The van der Waals surface area contributed by atoms with E-state index in [1.165, 1.54) is 19.2 Å². The van der Waals surface area contributed by atoms with Crippen molar-refractivity contribution >= 4 is 15.8 Å². The summed E-state index contributed by atoms with van der Waals surface area (Å²) in [4.78, 5) is 12.0. The second-order valence-corrected chi connectivity index (χ2v) is 8.04. The average Bonchev–Trinajstić information content (AvgIpc) is 2.68. The third-order valence-electron chi connectivity index (χ3n) is 4.03. The first-order valence-electron chi connectivity index (χ1n) is 8.78. The molecule has 1 atom stereocenters. The van der Waals surface area contributed by atoms with Crippen LogP contribution in [-0.4, -0.2) is 40.0 Å². The molecule has 0 aliphatic rings. The molecule has 2 aromatic carbocycles. The van der Waals surface area contributed by atoms with Gasteiger partial charge in [-0.2, -0.15) is 0 Å². The molecule has 0 aliphatic heterocycles. The van der Waals surface area contributed by atoms with Crippen molar-refractivity contribution in [3.05, 3.63) is 60.2 Å².